The minimum absolute atomic E-state index is 0.382. The van der Waals surface area contributed by atoms with Crippen molar-refractivity contribution >= 4 is 51.2 Å². The van der Waals surface area contributed by atoms with Crippen LogP contribution in [-0.2, 0) is 0 Å². The van der Waals surface area contributed by atoms with Gasteiger partial charge in [0.2, 0.25) is 0 Å². The van der Waals surface area contributed by atoms with Gasteiger partial charge in [-0.15, -0.1) is 0 Å². The zero-order chi connectivity index (χ0) is 18.6. The fourth-order valence-corrected chi connectivity index (χ4v) is 3.97. The van der Waals surface area contributed by atoms with Gasteiger partial charge in [0.1, 0.15) is 0 Å². The SMILES string of the molecule is S=C(Nc1ccccc1)NC1CCN(c2ccnc3cc(Cl)ccc23)CC1. The van der Waals surface area contributed by atoms with E-state index in [9.17, 15) is 0 Å². The fraction of sp³-hybridized carbons (Fsp3) is 0.238. The zero-order valence-electron chi connectivity index (χ0n) is 14.9. The van der Waals surface area contributed by atoms with Crippen molar-refractivity contribution in [3.8, 4) is 0 Å². The summed E-state index contributed by atoms with van der Waals surface area (Å²) in [5, 5.41) is 9.24. The molecule has 4 rings (SSSR count). The van der Waals surface area contributed by atoms with E-state index >= 15 is 0 Å². The molecule has 3 aromatic rings. The molecular formula is C21H21ClN4S. The quantitative estimate of drug-likeness (QED) is 0.619. The Hall–Kier alpha value is -2.37. The van der Waals surface area contributed by atoms with Crippen LogP contribution in [0.1, 0.15) is 12.8 Å². The van der Waals surface area contributed by atoms with Crippen LogP contribution in [0.4, 0.5) is 11.4 Å². The Balaban J connectivity index is 1.37. The van der Waals surface area contributed by atoms with Gasteiger partial charge < -0.3 is 15.5 Å². The summed E-state index contributed by atoms with van der Waals surface area (Å²) in [4.78, 5) is 6.86. The Bertz CT molecular complexity index is 939. The second-order valence-electron chi connectivity index (χ2n) is 6.72. The first-order chi connectivity index (χ1) is 13.2. The van der Waals surface area contributed by atoms with Crippen molar-refractivity contribution in [1.29, 1.82) is 0 Å². The van der Waals surface area contributed by atoms with E-state index in [0.29, 0.717) is 11.2 Å². The summed E-state index contributed by atoms with van der Waals surface area (Å²) in [5.41, 5.74) is 3.17. The predicted molar refractivity (Wildman–Crippen MR) is 118 cm³/mol. The number of pyridine rings is 1. The lowest BCUT2D eigenvalue weighted by atomic mass is 10.0. The number of anilines is 2. The van der Waals surface area contributed by atoms with Gasteiger partial charge >= 0.3 is 0 Å². The normalized spacial score (nSPS) is 14.9. The molecule has 0 bridgehead atoms. The highest BCUT2D eigenvalue weighted by atomic mass is 35.5. The van der Waals surface area contributed by atoms with Gasteiger partial charge in [-0.2, -0.15) is 0 Å². The lowest BCUT2D eigenvalue weighted by Gasteiger charge is -2.35. The molecule has 27 heavy (non-hydrogen) atoms. The number of hydrogen-bond donors (Lipinski definition) is 2. The van der Waals surface area contributed by atoms with E-state index in [1.807, 2.05) is 48.7 Å². The molecule has 4 nitrogen and oxygen atoms in total. The van der Waals surface area contributed by atoms with Crippen LogP contribution in [0.15, 0.2) is 60.8 Å². The molecule has 0 amide bonds. The lowest BCUT2D eigenvalue weighted by Crippen LogP contribution is -2.46. The third-order valence-corrected chi connectivity index (χ3v) is 5.34. The molecule has 1 saturated heterocycles. The van der Waals surface area contributed by atoms with Crippen molar-refractivity contribution in [2.75, 3.05) is 23.3 Å². The van der Waals surface area contributed by atoms with Gasteiger partial charge in [-0.1, -0.05) is 29.8 Å². The van der Waals surface area contributed by atoms with Gasteiger partial charge in [0.15, 0.2) is 5.11 Å². The number of para-hydroxylation sites is 1. The van der Waals surface area contributed by atoms with Gasteiger partial charge in [-0.3, -0.25) is 4.98 Å². The van der Waals surface area contributed by atoms with E-state index < -0.39 is 0 Å². The number of fused-ring (bicyclic) bond motifs is 1. The molecule has 6 heteroatoms. The number of benzene rings is 2. The number of nitrogens with one attached hydrogen (secondary N) is 2. The largest absolute Gasteiger partial charge is 0.371 e. The molecule has 1 fully saturated rings. The molecule has 1 aliphatic rings. The second kappa shape index (κ2) is 8.11. The van der Waals surface area contributed by atoms with Crippen LogP contribution in [0.25, 0.3) is 10.9 Å². The predicted octanol–water partition coefficient (Wildman–Crippen LogP) is 4.84. The molecule has 2 aromatic carbocycles. The number of piperidine rings is 1. The van der Waals surface area contributed by atoms with Crippen LogP contribution in [0.2, 0.25) is 5.02 Å². The van der Waals surface area contributed by atoms with Crippen LogP contribution in [0, 0.1) is 0 Å². The van der Waals surface area contributed by atoms with Gasteiger partial charge in [0.05, 0.1) is 5.52 Å². The van der Waals surface area contributed by atoms with Gasteiger partial charge in [-0.05, 0) is 61.5 Å². The number of halogens is 1. The van der Waals surface area contributed by atoms with E-state index in [2.05, 4.69) is 32.7 Å². The molecule has 0 unspecified atom stereocenters. The molecule has 1 aromatic heterocycles. The van der Waals surface area contributed by atoms with Gasteiger partial charge in [0.25, 0.3) is 0 Å². The Morgan fingerprint density at radius 1 is 1.07 bits per heavy atom. The Kier molecular flexibility index (Phi) is 5.41. The smallest absolute Gasteiger partial charge is 0.170 e. The molecule has 1 aliphatic heterocycles. The molecule has 0 aliphatic carbocycles. The highest BCUT2D eigenvalue weighted by molar-refractivity contribution is 7.80. The summed E-state index contributed by atoms with van der Waals surface area (Å²) in [6.45, 7) is 1.96. The number of hydrogen-bond acceptors (Lipinski definition) is 3. The molecule has 0 saturated carbocycles. The fourth-order valence-electron chi connectivity index (χ4n) is 3.52. The average Bonchev–Trinajstić information content (AvgIpc) is 2.68. The second-order valence-corrected chi connectivity index (χ2v) is 7.56. The zero-order valence-corrected chi connectivity index (χ0v) is 16.4. The Labute approximate surface area is 169 Å². The van der Waals surface area contributed by atoms with Crippen molar-refractivity contribution in [3.63, 3.8) is 0 Å². The van der Waals surface area contributed by atoms with Crippen molar-refractivity contribution in [2.45, 2.75) is 18.9 Å². The van der Waals surface area contributed by atoms with Gasteiger partial charge in [-0.25, -0.2) is 0 Å². The van der Waals surface area contributed by atoms with Crippen LogP contribution >= 0.6 is 23.8 Å². The van der Waals surface area contributed by atoms with Crippen molar-refractivity contribution in [2.24, 2.45) is 0 Å². The molecular weight excluding hydrogens is 376 g/mol. The highest BCUT2D eigenvalue weighted by Gasteiger charge is 2.21. The molecule has 0 spiro atoms. The minimum Gasteiger partial charge on any atom is -0.371 e. The van der Waals surface area contributed by atoms with E-state index in [1.165, 1.54) is 5.69 Å². The number of aromatic nitrogens is 1. The number of rotatable bonds is 3. The Morgan fingerprint density at radius 2 is 1.85 bits per heavy atom. The average molecular weight is 397 g/mol. The standard InChI is InChI=1S/C21H21ClN4S/c22-15-6-7-18-19(14-15)23-11-8-20(18)26-12-9-17(10-13-26)25-21(27)24-16-4-2-1-3-5-16/h1-8,11,14,17H,9-10,12-13H2,(H2,24,25,27). The molecule has 0 atom stereocenters. The maximum Gasteiger partial charge on any atom is 0.170 e. The van der Waals surface area contributed by atoms with E-state index in [1.54, 1.807) is 0 Å². The van der Waals surface area contributed by atoms with Crippen LogP contribution in [0.3, 0.4) is 0 Å². The molecule has 2 N–H and O–H groups in total. The van der Waals surface area contributed by atoms with Crippen molar-refractivity contribution < 1.29 is 0 Å². The third-order valence-electron chi connectivity index (χ3n) is 4.88. The monoisotopic (exact) mass is 396 g/mol. The molecule has 0 radical (unpaired) electrons. The Morgan fingerprint density at radius 3 is 2.63 bits per heavy atom. The van der Waals surface area contributed by atoms with E-state index in [-0.39, 0.29) is 0 Å². The van der Waals surface area contributed by atoms with Crippen molar-refractivity contribution in [1.82, 2.24) is 10.3 Å². The van der Waals surface area contributed by atoms with Crippen LogP contribution in [-0.4, -0.2) is 29.2 Å². The summed E-state index contributed by atoms with van der Waals surface area (Å²) in [5.74, 6) is 0. The lowest BCUT2D eigenvalue weighted by molar-refractivity contribution is 0.468. The maximum atomic E-state index is 6.10. The van der Waals surface area contributed by atoms with Gasteiger partial charge in [0, 0.05) is 47.1 Å². The summed E-state index contributed by atoms with van der Waals surface area (Å²) >= 11 is 11.6. The maximum absolute atomic E-state index is 6.10. The van der Waals surface area contributed by atoms with E-state index in [4.69, 9.17) is 23.8 Å². The summed E-state index contributed by atoms with van der Waals surface area (Å²) in [6.07, 6.45) is 3.93. The number of nitrogens with zero attached hydrogens (tertiary/aromatic N) is 2. The van der Waals surface area contributed by atoms with Crippen LogP contribution < -0.4 is 15.5 Å². The summed E-state index contributed by atoms with van der Waals surface area (Å²) in [7, 11) is 0. The summed E-state index contributed by atoms with van der Waals surface area (Å²) in [6, 6.07) is 18.4. The summed E-state index contributed by atoms with van der Waals surface area (Å²) < 4.78 is 0. The number of thiocarbonyl (C=S) groups is 1. The highest BCUT2D eigenvalue weighted by Crippen LogP contribution is 2.29. The third kappa shape index (κ3) is 4.31. The first kappa shape index (κ1) is 18.0. The molecule has 2 heterocycles. The van der Waals surface area contributed by atoms with Crippen LogP contribution in [0.5, 0.6) is 0 Å². The van der Waals surface area contributed by atoms with Crippen molar-refractivity contribution in [3.05, 3.63) is 65.8 Å². The minimum atomic E-state index is 0.382. The topological polar surface area (TPSA) is 40.2 Å². The first-order valence-corrected chi connectivity index (χ1v) is 9.89. The molecule has 138 valence electrons. The first-order valence-electron chi connectivity index (χ1n) is 9.11. The van der Waals surface area contributed by atoms with E-state index in [0.717, 1.165) is 47.5 Å².